The summed E-state index contributed by atoms with van der Waals surface area (Å²) in [6, 6.07) is 8.87. The molecule has 1 spiro atoms. The zero-order chi connectivity index (χ0) is 21.9. The van der Waals surface area contributed by atoms with Crippen LogP contribution in [0.3, 0.4) is 0 Å². The molecule has 1 heterocycles. The fourth-order valence-corrected chi connectivity index (χ4v) is 4.22. The molecule has 0 radical (unpaired) electrons. The molecule has 1 saturated carbocycles. The van der Waals surface area contributed by atoms with Gasteiger partial charge in [0, 0.05) is 12.6 Å². The van der Waals surface area contributed by atoms with Gasteiger partial charge in [-0.05, 0) is 45.6 Å². The Labute approximate surface area is 176 Å². The highest BCUT2D eigenvalue weighted by Crippen LogP contribution is 2.48. The Morgan fingerprint density at radius 3 is 2.43 bits per heavy atom. The molecule has 1 aromatic rings. The number of carbonyl (C=O) groups excluding carboxylic acids is 3. The number of esters is 1. The van der Waals surface area contributed by atoms with Gasteiger partial charge in [0.05, 0.1) is 18.6 Å². The summed E-state index contributed by atoms with van der Waals surface area (Å²) in [5, 5.41) is 2.80. The number of alkyl carbamates (subject to hydrolysis) is 1. The highest BCUT2D eigenvalue weighted by Gasteiger charge is 2.58. The number of hydrogen-bond donors (Lipinski definition) is 1. The molecule has 1 aromatic carbocycles. The van der Waals surface area contributed by atoms with Crippen molar-refractivity contribution in [3.63, 3.8) is 0 Å². The van der Waals surface area contributed by atoms with Crippen molar-refractivity contribution in [3.8, 4) is 0 Å². The lowest BCUT2D eigenvalue weighted by molar-refractivity contribution is -0.146. The number of benzene rings is 1. The van der Waals surface area contributed by atoms with Crippen molar-refractivity contribution in [1.82, 2.24) is 10.2 Å². The molecule has 3 rings (SSSR count). The Morgan fingerprint density at radius 2 is 1.87 bits per heavy atom. The zero-order valence-corrected chi connectivity index (χ0v) is 18.0. The van der Waals surface area contributed by atoms with Crippen LogP contribution in [0.5, 0.6) is 0 Å². The van der Waals surface area contributed by atoms with Crippen LogP contribution >= 0.6 is 0 Å². The summed E-state index contributed by atoms with van der Waals surface area (Å²) < 4.78 is 15.8. The van der Waals surface area contributed by atoms with E-state index >= 15 is 0 Å². The van der Waals surface area contributed by atoms with E-state index in [0.717, 1.165) is 12.0 Å². The summed E-state index contributed by atoms with van der Waals surface area (Å²) in [7, 11) is 1.32. The molecule has 1 saturated heterocycles. The van der Waals surface area contributed by atoms with Gasteiger partial charge in [0.1, 0.15) is 12.2 Å². The molecule has 164 valence electrons. The zero-order valence-electron chi connectivity index (χ0n) is 18.0. The number of nitrogens with one attached hydrogen (secondary N) is 1. The predicted octanol–water partition coefficient (Wildman–Crippen LogP) is 3.24. The van der Waals surface area contributed by atoms with Gasteiger partial charge in [-0.3, -0.25) is 4.79 Å². The molecule has 1 N–H and O–H groups in total. The molecular formula is C22H30N2O6. The molecule has 30 heavy (non-hydrogen) atoms. The number of amides is 2. The normalized spacial score (nSPS) is 25.4. The standard InChI is InChI=1S/C22H30N2O6/c1-21(2,3)30-20(27)24-11-10-22(24)12-16(18(25)28-4)17(13-22)23-19(26)29-14-15-8-6-5-7-9-15/h5-9,16-17H,10-14H2,1-4H3,(H,23,26)/t16-,17+,22?/m0/s1. The minimum absolute atomic E-state index is 0.136. The smallest absolute Gasteiger partial charge is 0.410 e. The maximum absolute atomic E-state index is 12.6. The average Bonchev–Trinajstić information content (AvgIpc) is 3.06. The monoisotopic (exact) mass is 418 g/mol. The second-order valence-corrected chi connectivity index (χ2v) is 8.96. The lowest BCUT2D eigenvalue weighted by atomic mass is 9.82. The van der Waals surface area contributed by atoms with E-state index in [0.29, 0.717) is 19.4 Å². The van der Waals surface area contributed by atoms with Crippen molar-refractivity contribution in [1.29, 1.82) is 0 Å². The number of carbonyl (C=O) groups is 3. The van der Waals surface area contributed by atoms with Crippen molar-refractivity contribution in [2.45, 2.75) is 63.8 Å². The number of nitrogens with zero attached hydrogens (tertiary/aromatic N) is 1. The highest BCUT2D eigenvalue weighted by molar-refractivity contribution is 5.77. The van der Waals surface area contributed by atoms with E-state index < -0.39 is 41.3 Å². The molecular weight excluding hydrogens is 388 g/mol. The lowest BCUT2D eigenvalue weighted by Crippen LogP contribution is -2.62. The Hall–Kier alpha value is -2.77. The Balaban J connectivity index is 1.65. The third-order valence-electron chi connectivity index (χ3n) is 5.69. The summed E-state index contributed by atoms with van der Waals surface area (Å²) in [5.74, 6) is -0.958. The molecule has 8 heteroatoms. The molecule has 1 aliphatic heterocycles. The van der Waals surface area contributed by atoms with Crippen molar-refractivity contribution in [2.75, 3.05) is 13.7 Å². The number of likely N-dealkylation sites (tertiary alicyclic amines) is 1. The molecule has 2 amide bonds. The van der Waals surface area contributed by atoms with E-state index in [4.69, 9.17) is 14.2 Å². The Bertz CT molecular complexity index is 791. The van der Waals surface area contributed by atoms with Gasteiger partial charge in [-0.25, -0.2) is 9.59 Å². The third kappa shape index (κ3) is 4.86. The van der Waals surface area contributed by atoms with Crippen LogP contribution in [0.2, 0.25) is 0 Å². The first-order chi connectivity index (χ1) is 14.1. The van der Waals surface area contributed by atoms with Crippen molar-refractivity contribution >= 4 is 18.2 Å². The van der Waals surface area contributed by atoms with Crippen molar-refractivity contribution in [2.24, 2.45) is 5.92 Å². The Morgan fingerprint density at radius 1 is 1.17 bits per heavy atom. The first-order valence-corrected chi connectivity index (χ1v) is 10.2. The van der Waals surface area contributed by atoms with Gasteiger partial charge in [-0.15, -0.1) is 0 Å². The summed E-state index contributed by atoms with van der Waals surface area (Å²) in [6.07, 6.45) is 0.619. The SMILES string of the molecule is COC(=O)[C@H]1CC2(CCN2C(=O)OC(C)(C)C)C[C@H]1NC(=O)OCc1ccccc1. The molecule has 0 aromatic heterocycles. The van der Waals surface area contributed by atoms with Gasteiger partial charge < -0.3 is 24.4 Å². The van der Waals surface area contributed by atoms with Crippen molar-refractivity contribution < 1.29 is 28.6 Å². The second kappa shape index (κ2) is 8.53. The first-order valence-electron chi connectivity index (χ1n) is 10.2. The fraction of sp³-hybridized carbons (Fsp3) is 0.591. The molecule has 2 fully saturated rings. The van der Waals surface area contributed by atoms with Gasteiger partial charge in [0.15, 0.2) is 0 Å². The second-order valence-electron chi connectivity index (χ2n) is 8.96. The molecule has 0 bridgehead atoms. The maximum atomic E-state index is 12.6. The number of methoxy groups -OCH3 is 1. The van der Waals surface area contributed by atoms with Crippen LogP contribution in [0.25, 0.3) is 0 Å². The Kier molecular flexibility index (Phi) is 6.24. The number of rotatable bonds is 4. The summed E-state index contributed by atoms with van der Waals surface area (Å²) in [6.45, 7) is 6.15. The molecule has 3 atom stereocenters. The van der Waals surface area contributed by atoms with Gasteiger partial charge in [0.25, 0.3) is 0 Å². The summed E-state index contributed by atoms with van der Waals surface area (Å²) >= 11 is 0. The van der Waals surface area contributed by atoms with Gasteiger partial charge >= 0.3 is 18.2 Å². The first kappa shape index (κ1) is 21.9. The molecule has 8 nitrogen and oxygen atoms in total. The van der Waals surface area contributed by atoms with E-state index in [1.54, 1.807) is 4.90 Å². The highest BCUT2D eigenvalue weighted by atomic mass is 16.6. The van der Waals surface area contributed by atoms with E-state index in [1.807, 2.05) is 51.1 Å². The van der Waals surface area contributed by atoms with Crippen LogP contribution in [0, 0.1) is 5.92 Å². The third-order valence-corrected chi connectivity index (χ3v) is 5.69. The van der Waals surface area contributed by atoms with Crippen LogP contribution < -0.4 is 5.32 Å². The van der Waals surface area contributed by atoms with Gasteiger partial charge in [-0.1, -0.05) is 30.3 Å². The van der Waals surface area contributed by atoms with Crippen LogP contribution in [-0.4, -0.2) is 53.9 Å². The van der Waals surface area contributed by atoms with Gasteiger partial charge in [0.2, 0.25) is 0 Å². The van der Waals surface area contributed by atoms with Crippen LogP contribution in [0.4, 0.5) is 9.59 Å². The summed E-state index contributed by atoms with van der Waals surface area (Å²) in [4.78, 5) is 39.0. The van der Waals surface area contributed by atoms with Crippen LogP contribution in [0.15, 0.2) is 30.3 Å². The van der Waals surface area contributed by atoms with Gasteiger partial charge in [-0.2, -0.15) is 0 Å². The van der Waals surface area contributed by atoms with Crippen molar-refractivity contribution in [3.05, 3.63) is 35.9 Å². The number of ether oxygens (including phenoxy) is 3. The topological polar surface area (TPSA) is 94.2 Å². The summed E-state index contributed by atoms with van der Waals surface area (Å²) in [5.41, 5.74) is -0.249. The average molecular weight is 418 g/mol. The minimum Gasteiger partial charge on any atom is -0.469 e. The number of hydrogen-bond acceptors (Lipinski definition) is 6. The largest absolute Gasteiger partial charge is 0.469 e. The van der Waals surface area contributed by atoms with Crippen LogP contribution in [0.1, 0.15) is 45.6 Å². The molecule has 1 aliphatic carbocycles. The van der Waals surface area contributed by atoms with E-state index in [1.165, 1.54) is 7.11 Å². The molecule has 2 aliphatic rings. The van der Waals surface area contributed by atoms with E-state index in [2.05, 4.69) is 5.32 Å². The fourth-order valence-electron chi connectivity index (χ4n) is 4.22. The van der Waals surface area contributed by atoms with E-state index in [-0.39, 0.29) is 6.61 Å². The minimum atomic E-state index is -0.604. The lowest BCUT2D eigenvalue weighted by Gasteiger charge is -2.50. The maximum Gasteiger partial charge on any atom is 0.410 e. The van der Waals surface area contributed by atoms with Crippen LogP contribution in [-0.2, 0) is 25.6 Å². The quantitative estimate of drug-likeness (QED) is 0.596. The molecule has 1 unspecified atom stereocenters. The predicted molar refractivity (Wildman–Crippen MR) is 109 cm³/mol. The van der Waals surface area contributed by atoms with E-state index in [9.17, 15) is 14.4 Å².